The van der Waals surface area contributed by atoms with Crippen LogP contribution in [0.2, 0.25) is 0 Å². The number of nitrogen functional groups attached to an aromatic ring is 1. The molecule has 0 saturated carbocycles. The van der Waals surface area contributed by atoms with Crippen molar-refractivity contribution in [2.24, 2.45) is 5.73 Å². The molecule has 1 saturated heterocycles. The van der Waals surface area contributed by atoms with Crippen LogP contribution in [0.1, 0.15) is 12.0 Å². The van der Waals surface area contributed by atoms with E-state index in [1.54, 1.807) is 0 Å². The molecule has 1 aliphatic rings. The Morgan fingerprint density at radius 1 is 1.35 bits per heavy atom. The summed E-state index contributed by atoms with van der Waals surface area (Å²) < 4.78 is 0.902. The third-order valence-corrected chi connectivity index (χ3v) is 4.53. The fourth-order valence-corrected chi connectivity index (χ4v) is 3.49. The van der Waals surface area contributed by atoms with Crippen molar-refractivity contribution in [1.29, 1.82) is 5.41 Å². The molecule has 0 unspecified atom stereocenters. The van der Waals surface area contributed by atoms with Gasteiger partial charge in [-0.25, -0.2) is 0 Å². The Morgan fingerprint density at radius 2 is 2.18 bits per heavy atom. The van der Waals surface area contributed by atoms with Crippen LogP contribution in [0.5, 0.6) is 0 Å². The van der Waals surface area contributed by atoms with Gasteiger partial charge in [0.25, 0.3) is 0 Å². The number of amidine groups is 1. The highest BCUT2D eigenvalue weighted by Crippen LogP contribution is 2.28. The van der Waals surface area contributed by atoms with Crippen LogP contribution in [0.4, 0.5) is 5.69 Å². The molecule has 0 aromatic heterocycles. The molecule has 0 atom stereocenters. The minimum atomic E-state index is 0.129. The molecule has 0 spiro atoms. The third-order valence-electron chi connectivity index (χ3n) is 2.82. The highest BCUT2D eigenvalue weighted by atomic mass is 79.9. The molecule has 0 radical (unpaired) electrons. The number of rotatable bonds is 2. The van der Waals surface area contributed by atoms with Gasteiger partial charge in [0.1, 0.15) is 5.84 Å². The minimum absolute atomic E-state index is 0.129. The number of hydrogen-bond acceptors (Lipinski definition) is 3. The third kappa shape index (κ3) is 2.96. The van der Waals surface area contributed by atoms with Crippen LogP contribution in [-0.4, -0.2) is 30.4 Å². The van der Waals surface area contributed by atoms with Crippen molar-refractivity contribution in [2.45, 2.75) is 6.42 Å². The van der Waals surface area contributed by atoms with E-state index in [1.165, 1.54) is 12.2 Å². The normalized spacial score (nSPS) is 16.6. The lowest BCUT2D eigenvalue weighted by molar-refractivity contribution is 0.815. The average molecular weight is 314 g/mol. The number of halogens is 1. The van der Waals surface area contributed by atoms with Crippen LogP contribution in [0.3, 0.4) is 0 Å². The Labute approximate surface area is 114 Å². The van der Waals surface area contributed by atoms with E-state index in [4.69, 9.17) is 11.1 Å². The Morgan fingerprint density at radius 3 is 2.94 bits per heavy atom. The van der Waals surface area contributed by atoms with Gasteiger partial charge in [-0.05, 0) is 40.2 Å². The molecule has 1 aromatic rings. The van der Waals surface area contributed by atoms with Crippen LogP contribution in [0.25, 0.3) is 0 Å². The summed E-state index contributed by atoms with van der Waals surface area (Å²) in [7, 11) is 0. The van der Waals surface area contributed by atoms with E-state index in [9.17, 15) is 0 Å². The summed E-state index contributed by atoms with van der Waals surface area (Å²) in [4.78, 5) is 2.33. The zero-order chi connectivity index (χ0) is 12.3. The van der Waals surface area contributed by atoms with E-state index in [1.807, 2.05) is 23.9 Å². The van der Waals surface area contributed by atoms with Crippen molar-refractivity contribution in [3.05, 3.63) is 28.2 Å². The van der Waals surface area contributed by atoms with Crippen LogP contribution in [0.15, 0.2) is 22.7 Å². The molecule has 0 amide bonds. The number of benzene rings is 1. The van der Waals surface area contributed by atoms with E-state index in [2.05, 4.69) is 26.9 Å². The second-order valence-corrected chi connectivity index (χ2v) is 6.08. The van der Waals surface area contributed by atoms with E-state index >= 15 is 0 Å². The zero-order valence-electron chi connectivity index (χ0n) is 9.58. The predicted octanol–water partition coefficient (Wildman–Crippen LogP) is 2.68. The molecule has 0 aliphatic carbocycles. The van der Waals surface area contributed by atoms with Crippen molar-refractivity contribution in [1.82, 2.24) is 0 Å². The molecule has 92 valence electrons. The quantitative estimate of drug-likeness (QED) is 0.652. The first kappa shape index (κ1) is 12.8. The molecule has 2 rings (SSSR count). The Hall–Kier alpha value is -0.680. The summed E-state index contributed by atoms with van der Waals surface area (Å²) in [5.41, 5.74) is 7.58. The minimum Gasteiger partial charge on any atom is -0.384 e. The number of nitrogens with two attached hydrogens (primary N) is 1. The van der Waals surface area contributed by atoms with E-state index in [0.717, 1.165) is 34.6 Å². The van der Waals surface area contributed by atoms with Crippen LogP contribution in [0, 0.1) is 5.41 Å². The standard InChI is InChI=1S/C12H16BrN3S/c13-9-3-1-4-10(11(9)12(14)15)16-5-2-7-17-8-6-16/h1,3-4H,2,5-8H2,(H3,14,15). The van der Waals surface area contributed by atoms with Gasteiger partial charge in [0, 0.05) is 29.0 Å². The first-order chi connectivity index (χ1) is 8.20. The molecule has 5 heteroatoms. The highest BCUT2D eigenvalue weighted by molar-refractivity contribution is 9.10. The SMILES string of the molecule is N=C(N)c1c(Br)cccc1N1CCCSCC1. The Bertz CT molecular complexity index is 414. The van der Waals surface area contributed by atoms with Crippen molar-refractivity contribution in [2.75, 3.05) is 29.5 Å². The summed E-state index contributed by atoms with van der Waals surface area (Å²) in [6.07, 6.45) is 1.19. The number of hydrogen-bond donors (Lipinski definition) is 2. The van der Waals surface area contributed by atoms with Gasteiger partial charge in [-0.3, -0.25) is 5.41 Å². The van der Waals surface area contributed by atoms with Crippen molar-refractivity contribution in [3.63, 3.8) is 0 Å². The lowest BCUT2D eigenvalue weighted by atomic mass is 10.1. The van der Waals surface area contributed by atoms with Gasteiger partial charge in [-0.15, -0.1) is 0 Å². The first-order valence-corrected chi connectivity index (χ1v) is 7.60. The van der Waals surface area contributed by atoms with Gasteiger partial charge < -0.3 is 10.6 Å². The monoisotopic (exact) mass is 313 g/mol. The molecule has 0 bridgehead atoms. The molecular weight excluding hydrogens is 298 g/mol. The predicted molar refractivity (Wildman–Crippen MR) is 79.3 cm³/mol. The van der Waals surface area contributed by atoms with E-state index in [-0.39, 0.29) is 5.84 Å². The number of thioether (sulfide) groups is 1. The van der Waals surface area contributed by atoms with Crippen LogP contribution < -0.4 is 10.6 Å². The molecule has 17 heavy (non-hydrogen) atoms. The molecule has 3 nitrogen and oxygen atoms in total. The summed E-state index contributed by atoms with van der Waals surface area (Å²) >= 11 is 5.48. The highest BCUT2D eigenvalue weighted by Gasteiger charge is 2.16. The second-order valence-electron chi connectivity index (χ2n) is 4.00. The summed E-state index contributed by atoms with van der Waals surface area (Å²) in [6.45, 7) is 2.07. The maximum Gasteiger partial charge on any atom is 0.126 e. The smallest absolute Gasteiger partial charge is 0.126 e. The first-order valence-electron chi connectivity index (χ1n) is 5.66. The van der Waals surface area contributed by atoms with Crippen molar-refractivity contribution < 1.29 is 0 Å². The second kappa shape index (κ2) is 5.78. The largest absolute Gasteiger partial charge is 0.384 e. The Kier molecular flexibility index (Phi) is 4.34. The van der Waals surface area contributed by atoms with Gasteiger partial charge in [0.15, 0.2) is 0 Å². The topological polar surface area (TPSA) is 53.1 Å². The molecular formula is C12H16BrN3S. The summed E-state index contributed by atoms with van der Waals surface area (Å²) in [6, 6.07) is 5.99. The number of nitrogens with one attached hydrogen (secondary N) is 1. The van der Waals surface area contributed by atoms with Crippen LogP contribution >= 0.6 is 27.7 Å². The maximum atomic E-state index is 7.71. The van der Waals surface area contributed by atoms with Gasteiger partial charge in [0.2, 0.25) is 0 Å². The molecule has 1 aromatic carbocycles. The zero-order valence-corrected chi connectivity index (χ0v) is 12.0. The lowest BCUT2D eigenvalue weighted by Gasteiger charge is -2.25. The summed E-state index contributed by atoms with van der Waals surface area (Å²) in [5.74, 6) is 2.49. The Balaban J connectivity index is 2.36. The number of nitrogens with zero attached hydrogens (tertiary/aromatic N) is 1. The fraction of sp³-hybridized carbons (Fsp3) is 0.417. The maximum absolute atomic E-state index is 7.71. The van der Waals surface area contributed by atoms with Gasteiger partial charge in [0.05, 0.1) is 5.56 Å². The van der Waals surface area contributed by atoms with E-state index < -0.39 is 0 Å². The molecule has 3 N–H and O–H groups in total. The van der Waals surface area contributed by atoms with E-state index in [0.29, 0.717) is 0 Å². The van der Waals surface area contributed by atoms with Gasteiger partial charge >= 0.3 is 0 Å². The van der Waals surface area contributed by atoms with Crippen molar-refractivity contribution >= 4 is 39.2 Å². The van der Waals surface area contributed by atoms with Gasteiger partial charge in [-0.1, -0.05) is 6.07 Å². The molecule has 1 heterocycles. The average Bonchev–Trinajstić information content (AvgIpc) is 2.56. The lowest BCUT2D eigenvalue weighted by Crippen LogP contribution is -2.28. The van der Waals surface area contributed by atoms with Crippen LogP contribution in [-0.2, 0) is 0 Å². The molecule has 1 aliphatic heterocycles. The molecule has 1 fully saturated rings. The van der Waals surface area contributed by atoms with Gasteiger partial charge in [-0.2, -0.15) is 11.8 Å². The number of anilines is 1. The fourth-order valence-electron chi connectivity index (χ4n) is 2.03. The van der Waals surface area contributed by atoms with Crippen molar-refractivity contribution in [3.8, 4) is 0 Å². The summed E-state index contributed by atoms with van der Waals surface area (Å²) in [5, 5.41) is 7.71.